The van der Waals surface area contributed by atoms with E-state index in [4.69, 9.17) is 9.84 Å². The predicted molar refractivity (Wildman–Crippen MR) is 50.9 cm³/mol. The number of hydrogen-bond donors (Lipinski definition) is 2. The Labute approximate surface area is 83.4 Å². The SMILES string of the molecule is COC(C)C(=O)NCC(C)CC(=O)O. The van der Waals surface area contributed by atoms with Crippen LogP contribution in [-0.4, -0.2) is 36.7 Å². The maximum atomic E-state index is 11.2. The zero-order valence-corrected chi connectivity index (χ0v) is 8.74. The standard InChI is InChI=1S/C9H17NO4/c1-6(4-8(11)12)5-10-9(13)7(2)14-3/h6-7H,4-5H2,1-3H3,(H,10,13)(H,11,12). The predicted octanol–water partition coefficient (Wildman–Crippen LogP) is 0.248. The van der Waals surface area contributed by atoms with E-state index in [1.807, 2.05) is 0 Å². The summed E-state index contributed by atoms with van der Waals surface area (Å²) in [5.41, 5.74) is 0. The fraction of sp³-hybridized carbons (Fsp3) is 0.778. The summed E-state index contributed by atoms with van der Waals surface area (Å²) in [4.78, 5) is 21.5. The second kappa shape index (κ2) is 6.37. The molecule has 0 heterocycles. The molecule has 0 saturated heterocycles. The molecule has 0 aliphatic heterocycles. The summed E-state index contributed by atoms with van der Waals surface area (Å²) < 4.78 is 4.80. The molecule has 0 aromatic carbocycles. The van der Waals surface area contributed by atoms with Crippen LogP contribution < -0.4 is 5.32 Å². The third-order valence-electron chi connectivity index (χ3n) is 1.87. The maximum absolute atomic E-state index is 11.2. The molecule has 0 aliphatic rings. The number of carbonyl (C=O) groups is 2. The van der Waals surface area contributed by atoms with Gasteiger partial charge in [-0.25, -0.2) is 0 Å². The lowest BCUT2D eigenvalue weighted by Crippen LogP contribution is -2.36. The van der Waals surface area contributed by atoms with Gasteiger partial charge in [-0.2, -0.15) is 0 Å². The van der Waals surface area contributed by atoms with E-state index in [2.05, 4.69) is 5.32 Å². The van der Waals surface area contributed by atoms with Gasteiger partial charge in [0.05, 0.1) is 0 Å². The molecule has 2 N–H and O–H groups in total. The fourth-order valence-electron chi connectivity index (χ4n) is 0.896. The molecule has 5 nitrogen and oxygen atoms in total. The highest BCUT2D eigenvalue weighted by Gasteiger charge is 2.13. The average molecular weight is 203 g/mol. The Morgan fingerprint density at radius 3 is 2.43 bits per heavy atom. The topological polar surface area (TPSA) is 75.6 Å². The number of amides is 1. The van der Waals surface area contributed by atoms with E-state index >= 15 is 0 Å². The molecule has 0 aromatic heterocycles. The minimum atomic E-state index is -0.855. The highest BCUT2D eigenvalue weighted by atomic mass is 16.5. The van der Waals surface area contributed by atoms with E-state index < -0.39 is 12.1 Å². The Kier molecular flexibility index (Phi) is 5.87. The number of aliphatic carboxylic acids is 1. The zero-order chi connectivity index (χ0) is 11.1. The molecule has 0 fully saturated rings. The lowest BCUT2D eigenvalue weighted by molar-refractivity contribution is -0.138. The summed E-state index contributed by atoms with van der Waals surface area (Å²) in [5.74, 6) is -1.14. The van der Waals surface area contributed by atoms with Gasteiger partial charge in [0.1, 0.15) is 6.10 Å². The number of carboxylic acids is 1. The Morgan fingerprint density at radius 2 is 2.00 bits per heavy atom. The molecule has 0 aromatic rings. The fourth-order valence-corrected chi connectivity index (χ4v) is 0.896. The number of carboxylic acid groups (broad SMARTS) is 1. The highest BCUT2D eigenvalue weighted by molar-refractivity contribution is 5.80. The number of carbonyl (C=O) groups excluding carboxylic acids is 1. The maximum Gasteiger partial charge on any atom is 0.303 e. The van der Waals surface area contributed by atoms with Gasteiger partial charge in [-0.15, -0.1) is 0 Å². The molecule has 0 radical (unpaired) electrons. The second-order valence-corrected chi connectivity index (χ2v) is 3.33. The van der Waals surface area contributed by atoms with Crippen molar-refractivity contribution in [1.29, 1.82) is 0 Å². The summed E-state index contributed by atoms with van der Waals surface area (Å²) in [6.07, 6.45) is -0.436. The van der Waals surface area contributed by atoms with Crippen LogP contribution in [0.15, 0.2) is 0 Å². The molecule has 0 aliphatic carbocycles. The summed E-state index contributed by atoms with van der Waals surface area (Å²) in [6, 6.07) is 0. The zero-order valence-electron chi connectivity index (χ0n) is 8.74. The third-order valence-corrected chi connectivity index (χ3v) is 1.87. The number of rotatable bonds is 6. The van der Waals surface area contributed by atoms with Crippen molar-refractivity contribution in [2.45, 2.75) is 26.4 Å². The number of nitrogens with one attached hydrogen (secondary N) is 1. The van der Waals surface area contributed by atoms with Gasteiger partial charge < -0.3 is 15.2 Å². The van der Waals surface area contributed by atoms with Gasteiger partial charge in [-0.1, -0.05) is 6.92 Å². The van der Waals surface area contributed by atoms with Crippen LogP contribution in [0.25, 0.3) is 0 Å². The molecule has 2 atom stereocenters. The molecule has 0 spiro atoms. The lowest BCUT2D eigenvalue weighted by atomic mass is 10.1. The van der Waals surface area contributed by atoms with Crippen LogP contribution in [0.3, 0.4) is 0 Å². The van der Waals surface area contributed by atoms with Crippen molar-refractivity contribution in [1.82, 2.24) is 5.32 Å². The first-order valence-electron chi connectivity index (χ1n) is 4.49. The van der Waals surface area contributed by atoms with Gasteiger partial charge in [-0.05, 0) is 12.8 Å². The van der Waals surface area contributed by atoms with E-state index in [0.29, 0.717) is 6.54 Å². The monoisotopic (exact) mass is 203 g/mol. The van der Waals surface area contributed by atoms with Gasteiger partial charge in [0, 0.05) is 20.1 Å². The van der Waals surface area contributed by atoms with E-state index in [1.165, 1.54) is 7.11 Å². The van der Waals surface area contributed by atoms with E-state index in [-0.39, 0.29) is 18.2 Å². The minimum Gasteiger partial charge on any atom is -0.481 e. The normalized spacial score (nSPS) is 14.5. The average Bonchev–Trinajstić information content (AvgIpc) is 2.11. The summed E-state index contributed by atoms with van der Waals surface area (Å²) in [5, 5.41) is 11.1. The molecule has 2 unspecified atom stereocenters. The molecule has 0 rings (SSSR count). The minimum absolute atomic E-state index is 0.0572. The van der Waals surface area contributed by atoms with Crippen LogP contribution in [0.4, 0.5) is 0 Å². The van der Waals surface area contributed by atoms with Gasteiger partial charge in [0.15, 0.2) is 0 Å². The van der Waals surface area contributed by atoms with E-state index in [0.717, 1.165) is 0 Å². The largest absolute Gasteiger partial charge is 0.481 e. The van der Waals surface area contributed by atoms with Crippen molar-refractivity contribution in [2.75, 3.05) is 13.7 Å². The molecule has 14 heavy (non-hydrogen) atoms. The van der Waals surface area contributed by atoms with Crippen LogP contribution in [0.2, 0.25) is 0 Å². The third kappa shape index (κ3) is 5.53. The van der Waals surface area contributed by atoms with Crippen molar-refractivity contribution in [3.05, 3.63) is 0 Å². The number of hydrogen-bond acceptors (Lipinski definition) is 3. The Hall–Kier alpha value is -1.10. The van der Waals surface area contributed by atoms with E-state index in [9.17, 15) is 9.59 Å². The quantitative estimate of drug-likeness (QED) is 0.648. The number of methoxy groups -OCH3 is 1. The molecule has 82 valence electrons. The molecular formula is C9H17NO4. The van der Waals surface area contributed by atoms with Crippen molar-refractivity contribution in [3.63, 3.8) is 0 Å². The van der Waals surface area contributed by atoms with Crippen LogP contribution in [0, 0.1) is 5.92 Å². The summed E-state index contributed by atoms with van der Waals surface area (Å²) in [6.45, 7) is 3.77. The summed E-state index contributed by atoms with van der Waals surface area (Å²) in [7, 11) is 1.45. The van der Waals surface area contributed by atoms with E-state index in [1.54, 1.807) is 13.8 Å². The molecule has 5 heteroatoms. The van der Waals surface area contributed by atoms with Gasteiger partial charge in [0.2, 0.25) is 5.91 Å². The lowest BCUT2D eigenvalue weighted by Gasteiger charge is -2.13. The van der Waals surface area contributed by atoms with Crippen molar-refractivity contribution >= 4 is 11.9 Å². The van der Waals surface area contributed by atoms with Crippen LogP contribution in [-0.2, 0) is 14.3 Å². The van der Waals surface area contributed by atoms with Crippen LogP contribution in [0.1, 0.15) is 20.3 Å². The van der Waals surface area contributed by atoms with Crippen molar-refractivity contribution in [2.24, 2.45) is 5.92 Å². The molecule has 1 amide bonds. The van der Waals surface area contributed by atoms with Crippen molar-refractivity contribution < 1.29 is 19.4 Å². The second-order valence-electron chi connectivity index (χ2n) is 3.33. The summed E-state index contributed by atoms with van der Waals surface area (Å²) >= 11 is 0. The highest BCUT2D eigenvalue weighted by Crippen LogP contribution is 1.99. The molecular weight excluding hydrogens is 186 g/mol. The first-order chi connectivity index (χ1) is 6.47. The Balaban J connectivity index is 3.71. The molecule has 0 bridgehead atoms. The Bertz CT molecular complexity index is 205. The van der Waals surface area contributed by atoms with Gasteiger partial charge >= 0.3 is 5.97 Å². The smallest absolute Gasteiger partial charge is 0.303 e. The Morgan fingerprint density at radius 1 is 1.43 bits per heavy atom. The van der Waals surface area contributed by atoms with Crippen molar-refractivity contribution in [3.8, 4) is 0 Å². The van der Waals surface area contributed by atoms with Crippen LogP contribution >= 0.6 is 0 Å². The first-order valence-corrected chi connectivity index (χ1v) is 4.49. The van der Waals surface area contributed by atoms with Gasteiger partial charge in [0.25, 0.3) is 0 Å². The molecule has 0 saturated carbocycles. The first kappa shape index (κ1) is 12.9. The van der Waals surface area contributed by atoms with Crippen LogP contribution in [0.5, 0.6) is 0 Å². The van der Waals surface area contributed by atoms with Gasteiger partial charge in [-0.3, -0.25) is 9.59 Å². The number of ether oxygens (including phenoxy) is 1.